The number of Topliss-reactive ketones (excluding diaryl/α,β-unsaturated/α-hetero) is 1. The fraction of sp³-hybridized carbons (Fsp3) is 0.400. The van der Waals surface area contributed by atoms with Crippen LogP contribution in [0.15, 0.2) is 34.9 Å². The van der Waals surface area contributed by atoms with E-state index in [4.69, 9.17) is 0 Å². The molecule has 0 atom stereocenters. The largest absolute Gasteiger partial charge is 0.511 e. The molecule has 2 rings (SSSR count). The lowest BCUT2D eigenvalue weighted by Gasteiger charge is -2.29. The zero-order valence-corrected chi connectivity index (χ0v) is 12.8. The molecule has 0 aromatic heterocycles. The fourth-order valence-electron chi connectivity index (χ4n) is 2.31. The molecule has 0 saturated carbocycles. The number of nitrogens with zero attached hydrogens (tertiary/aromatic N) is 1. The van der Waals surface area contributed by atoms with E-state index in [1.165, 1.54) is 23.9 Å². The Balaban J connectivity index is 2.05. The summed E-state index contributed by atoms with van der Waals surface area (Å²) >= 11 is 1.29. The van der Waals surface area contributed by atoms with Gasteiger partial charge < -0.3 is 5.11 Å². The van der Waals surface area contributed by atoms with Gasteiger partial charge >= 0.3 is 0 Å². The smallest absolute Gasteiger partial charge is 0.269 e. The molecule has 1 aromatic carbocycles. The van der Waals surface area contributed by atoms with Crippen molar-refractivity contribution in [3.8, 4) is 0 Å². The average molecular weight is 307 g/mol. The molecule has 0 spiro atoms. The van der Waals surface area contributed by atoms with Crippen LogP contribution in [0.5, 0.6) is 0 Å². The number of ketones is 1. The zero-order valence-electron chi connectivity index (χ0n) is 12.0. The van der Waals surface area contributed by atoms with Crippen LogP contribution in [-0.2, 0) is 10.5 Å². The quantitative estimate of drug-likeness (QED) is 0.672. The van der Waals surface area contributed by atoms with Gasteiger partial charge in [0.1, 0.15) is 5.76 Å². The second kappa shape index (κ2) is 5.89. The number of nitro groups is 1. The van der Waals surface area contributed by atoms with Crippen molar-refractivity contribution in [3.63, 3.8) is 0 Å². The van der Waals surface area contributed by atoms with Crippen LogP contribution >= 0.6 is 11.8 Å². The highest BCUT2D eigenvalue weighted by molar-refractivity contribution is 8.03. The van der Waals surface area contributed by atoms with Crippen LogP contribution in [0.3, 0.4) is 0 Å². The highest BCUT2D eigenvalue weighted by Gasteiger charge is 2.33. The first kappa shape index (κ1) is 15.6. The third-order valence-corrected chi connectivity index (χ3v) is 4.56. The molecule has 1 aliphatic rings. The number of hydrogen-bond acceptors (Lipinski definition) is 5. The molecule has 112 valence electrons. The molecule has 0 unspecified atom stereocenters. The number of hydrogen-bond donors (Lipinski definition) is 1. The third kappa shape index (κ3) is 3.85. The molecule has 0 saturated heterocycles. The Kier molecular flexibility index (Phi) is 4.37. The van der Waals surface area contributed by atoms with E-state index in [1.54, 1.807) is 12.1 Å². The number of allylic oxidation sites excluding steroid dienone is 2. The Morgan fingerprint density at radius 3 is 2.43 bits per heavy atom. The van der Waals surface area contributed by atoms with Gasteiger partial charge in [-0.3, -0.25) is 14.9 Å². The molecule has 21 heavy (non-hydrogen) atoms. The van der Waals surface area contributed by atoms with Gasteiger partial charge in [0, 0.05) is 30.7 Å². The van der Waals surface area contributed by atoms with E-state index in [1.807, 2.05) is 13.8 Å². The first-order valence-corrected chi connectivity index (χ1v) is 7.58. The standard InChI is InChI=1S/C15H17NO4S/c1-15(2)7-12(17)14(13(18)8-15)21-9-10-3-5-11(6-4-10)16(19)20/h3-6,17H,7-9H2,1-2H3. The highest BCUT2D eigenvalue weighted by atomic mass is 32.2. The van der Waals surface area contributed by atoms with Crippen LogP contribution in [0.2, 0.25) is 0 Å². The van der Waals surface area contributed by atoms with Gasteiger partial charge in [0.05, 0.1) is 9.83 Å². The van der Waals surface area contributed by atoms with Gasteiger partial charge in [-0.05, 0) is 11.0 Å². The second-order valence-corrected chi connectivity index (χ2v) is 6.91. The van der Waals surface area contributed by atoms with Crippen molar-refractivity contribution < 1.29 is 14.8 Å². The Hall–Kier alpha value is -1.82. The maximum Gasteiger partial charge on any atom is 0.269 e. The van der Waals surface area contributed by atoms with E-state index in [0.717, 1.165) is 5.56 Å². The lowest BCUT2D eigenvalue weighted by atomic mass is 9.79. The summed E-state index contributed by atoms with van der Waals surface area (Å²) in [4.78, 5) is 22.6. The molecule has 0 heterocycles. The molecule has 1 aliphatic carbocycles. The number of thioether (sulfide) groups is 1. The number of aliphatic hydroxyl groups is 1. The molecule has 1 aromatic rings. The first-order valence-electron chi connectivity index (χ1n) is 6.60. The Morgan fingerprint density at radius 1 is 1.29 bits per heavy atom. The third-order valence-electron chi connectivity index (χ3n) is 3.33. The SMILES string of the molecule is CC1(C)CC(=O)C(SCc2ccc([N+](=O)[O-])cc2)=C(O)C1. The maximum atomic E-state index is 12.1. The molecule has 0 fully saturated rings. The molecule has 5 nitrogen and oxygen atoms in total. The van der Waals surface area contributed by atoms with Crippen LogP contribution in [-0.4, -0.2) is 15.8 Å². The lowest BCUT2D eigenvalue weighted by Crippen LogP contribution is -2.24. The summed E-state index contributed by atoms with van der Waals surface area (Å²) in [5.74, 6) is 0.627. The summed E-state index contributed by atoms with van der Waals surface area (Å²) < 4.78 is 0. The van der Waals surface area contributed by atoms with Gasteiger partial charge in [-0.2, -0.15) is 0 Å². The summed E-state index contributed by atoms with van der Waals surface area (Å²) in [5, 5.41) is 20.6. The van der Waals surface area contributed by atoms with Crippen molar-refractivity contribution in [2.24, 2.45) is 5.41 Å². The molecule has 6 heteroatoms. The normalized spacial score (nSPS) is 17.9. The molecule has 0 aliphatic heterocycles. The lowest BCUT2D eigenvalue weighted by molar-refractivity contribution is -0.384. The Labute approximate surface area is 127 Å². The van der Waals surface area contributed by atoms with Crippen LogP contribution in [0.4, 0.5) is 5.69 Å². The predicted octanol–water partition coefficient (Wildman–Crippen LogP) is 3.99. The van der Waals surface area contributed by atoms with Crippen LogP contribution in [0, 0.1) is 15.5 Å². The number of benzene rings is 1. The molecule has 0 radical (unpaired) electrons. The Morgan fingerprint density at radius 2 is 1.90 bits per heavy atom. The monoisotopic (exact) mass is 307 g/mol. The first-order chi connectivity index (χ1) is 9.78. The highest BCUT2D eigenvalue weighted by Crippen LogP contribution is 2.40. The van der Waals surface area contributed by atoms with E-state index < -0.39 is 4.92 Å². The van der Waals surface area contributed by atoms with E-state index in [9.17, 15) is 20.0 Å². The van der Waals surface area contributed by atoms with E-state index in [0.29, 0.717) is 23.5 Å². The van der Waals surface area contributed by atoms with Crippen LogP contribution in [0.1, 0.15) is 32.3 Å². The van der Waals surface area contributed by atoms with Gasteiger partial charge in [-0.15, -0.1) is 11.8 Å². The van der Waals surface area contributed by atoms with Crippen molar-refractivity contribution in [3.05, 3.63) is 50.6 Å². The van der Waals surface area contributed by atoms with Gasteiger partial charge in [0.15, 0.2) is 5.78 Å². The minimum Gasteiger partial charge on any atom is -0.511 e. The zero-order chi connectivity index (χ0) is 15.6. The molecule has 0 bridgehead atoms. The van der Waals surface area contributed by atoms with Gasteiger partial charge in [-0.1, -0.05) is 26.0 Å². The van der Waals surface area contributed by atoms with Gasteiger partial charge in [-0.25, -0.2) is 0 Å². The predicted molar refractivity (Wildman–Crippen MR) is 82.1 cm³/mol. The van der Waals surface area contributed by atoms with E-state index in [2.05, 4.69) is 0 Å². The fourth-order valence-corrected chi connectivity index (χ4v) is 3.28. The topological polar surface area (TPSA) is 80.4 Å². The van der Waals surface area contributed by atoms with Crippen LogP contribution in [0.25, 0.3) is 0 Å². The summed E-state index contributed by atoms with van der Waals surface area (Å²) in [6, 6.07) is 6.21. The van der Waals surface area contributed by atoms with Crippen molar-refractivity contribution >= 4 is 23.2 Å². The number of aliphatic hydroxyl groups excluding tert-OH is 1. The second-order valence-electron chi connectivity index (χ2n) is 5.93. The maximum absolute atomic E-state index is 12.1. The van der Waals surface area contributed by atoms with Crippen LogP contribution < -0.4 is 0 Å². The van der Waals surface area contributed by atoms with Crippen molar-refractivity contribution in [2.45, 2.75) is 32.4 Å². The number of rotatable bonds is 4. The number of carbonyl (C=O) groups excluding carboxylic acids is 1. The molecular formula is C15H17NO4S. The van der Waals surface area contributed by atoms with Crippen molar-refractivity contribution in [1.82, 2.24) is 0 Å². The Bertz CT molecular complexity index is 605. The summed E-state index contributed by atoms with van der Waals surface area (Å²) in [7, 11) is 0. The molecule has 0 amide bonds. The van der Waals surface area contributed by atoms with Gasteiger partial charge in [0.2, 0.25) is 0 Å². The van der Waals surface area contributed by atoms with E-state index >= 15 is 0 Å². The number of non-ortho nitro benzene ring substituents is 1. The minimum atomic E-state index is -0.446. The summed E-state index contributed by atoms with van der Waals surface area (Å²) in [6.07, 6.45) is 0.932. The molecule has 1 N–H and O–H groups in total. The van der Waals surface area contributed by atoms with Crippen molar-refractivity contribution in [2.75, 3.05) is 0 Å². The summed E-state index contributed by atoms with van der Waals surface area (Å²) in [5.41, 5.74) is 0.725. The number of nitro benzene ring substituents is 1. The van der Waals surface area contributed by atoms with Gasteiger partial charge in [0.25, 0.3) is 5.69 Å². The average Bonchev–Trinajstić information content (AvgIpc) is 2.36. The van der Waals surface area contributed by atoms with Crippen molar-refractivity contribution in [1.29, 1.82) is 0 Å². The number of carbonyl (C=O) groups is 1. The van der Waals surface area contributed by atoms with E-state index in [-0.39, 0.29) is 22.6 Å². The minimum absolute atomic E-state index is 0.0318. The summed E-state index contributed by atoms with van der Waals surface area (Å²) in [6.45, 7) is 3.91. The molecular weight excluding hydrogens is 290 g/mol.